The molecule has 0 aliphatic carbocycles. The number of benzene rings is 2. The van der Waals surface area contributed by atoms with E-state index >= 15 is 0 Å². The van der Waals surface area contributed by atoms with Crippen LogP contribution in [-0.2, 0) is 12.0 Å². The lowest BCUT2D eigenvalue weighted by atomic mass is 9.84. The van der Waals surface area contributed by atoms with Crippen LogP contribution in [0.15, 0.2) is 65.3 Å². The van der Waals surface area contributed by atoms with Gasteiger partial charge in [0.1, 0.15) is 18.1 Å². The Bertz CT molecular complexity index is 1390. The fourth-order valence-electron chi connectivity index (χ4n) is 6.01. The summed E-state index contributed by atoms with van der Waals surface area (Å²) in [5.41, 5.74) is 3.65. The van der Waals surface area contributed by atoms with Gasteiger partial charge in [0.05, 0.1) is 18.8 Å². The van der Waals surface area contributed by atoms with Crippen LogP contribution in [0, 0.1) is 0 Å². The fraction of sp³-hybridized carbons (Fsp3) is 0.379. The Hall–Kier alpha value is -3.82. The lowest BCUT2D eigenvalue weighted by Gasteiger charge is -2.45. The highest BCUT2D eigenvalue weighted by molar-refractivity contribution is 5.91. The molecule has 1 amide bonds. The van der Waals surface area contributed by atoms with Crippen LogP contribution in [-0.4, -0.2) is 78.8 Å². The third kappa shape index (κ3) is 4.63. The molecule has 1 saturated heterocycles. The van der Waals surface area contributed by atoms with Crippen molar-refractivity contribution in [2.24, 2.45) is 0 Å². The summed E-state index contributed by atoms with van der Waals surface area (Å²) >= 11 is 0. The summed E-state index contributed by atoms with van der Waals surface area (Å²) in [6.45, 7) is 5.58. The molecule has 198 valence electrons. The zero-order valence-corrected chi connectivity index (χ0v) is 21.6. The van der Waals surface area contributed by atoms with E-state index in [2.05, 4.69) is 37.4 Å². The number of carbonyl (C=O) groups excluding carboxylic acids is 1. The first kappa shape index (κ1) is 24.5. The van der Waals surface area contributed by atoms with E-state index < -0.39 is 0 Å². The minimum atomic E-state index is -0.238. The first-order valence-electron chi connectivity index (χ1n) is 13.2. The van der Waals surface area contributed by atoms with Gasteiger partial charge < -0.3 is 24.3 Å². The molecule has 4 aromatic rings. The van der Waals surface area contributed by atoms with Crippen molar-refractivity contribution < 1.29 is 18.8 Å². The van der Waals surface area contributed by atoms with Gasteiger partial charge in [0.25, 0.3) is 5.91 Å². The Kier molecular flexibility index (Phi) is 6.78. The lowest BCUT2D eigenvalue weighted by Crippen LogP contribution is -2.54. The fourth-order valence-corrected chi connectivity index (χ4v) is 6.01. The van der Waals surface area contributed by atoms with E-state index in [9.17, 15) is 4.79 Å². The van der Waals surface area contributed by atoms with Gasteiger partial charge in [-0.15, -0.1) is 0 Å². The van der Waals surface area contributed by atoms with Gasteiger partial charge in [0.2, 0.25) is 5.76 Å². The molecule has 9 nitrogen and oxygen atoms in total. The number of likely N-dealkylation sites (tertiary alicyclic amines) is 1. The van der Waals surface area contributed by atoms with Crippen molar-refractivity contribution in [2.75, 3.05) is 53.0 Å². The van der Waals surface area contributed by atoms with Crippen molar-refractivity contribution in [3.63, 3.8) is 0 Å². The molecule has 2 aliphatic rings. The number of hydrogen-bond donors (Lipinski definition) is 2. The largest absolute Gasteiger partial charge is 0.497 e. The zero-order valence-electron chi connectivity index (χ0n) is 21.6. The van der Waals surface area contributed by atoms with Gasteiger partial charge in [-0.2, -0.15) is 0 Å². The second-order valence-electron chi connectivity index (χ2n) is 9.98. The summed E-state index contributed by atoms with van der Waals surface area (Å²) in [7, 11) is 1.71. The van der Waals surface area contributed by atoms with E-state index in [1.165, 1.54) is 22.8 Å². The summed E-state index contributed by atoms with van der Waals surface area (Å²) in [5.74, 6) is 1.76. The highest BCUT2D eigenvalue weighted by Crippen LogP contribution is 2.44. The van der Waals surface area contributed by atoms with Crippen molar-refractivity contribution >= 4 is 16.8 Å². The summed E-state index contributed by atoms with van der Waals surface area (Å²) in [5, 5.41) is 7.87. The van der Waals surface area contributed by atoms with Crippen LogP contribution in [0.4, 0.5) is 0 Å². The van der Waals surface area contributed by atoms with Crippen molar-refractivity contribution in [1.82, 2.24) is 25.3 Å². The molecule has 38 heavy (non-hydrogen) atoms. The number of aromatic amines is 1. The standard InChI is InChI=1S/C29H33N5O4/c1-36-22-7-8-25-24(19-22)23-10-14-34(16-13-30-28(35)26-9-12-31-38-26)29(27(23)32-25)11-15-33(20-29)17-18-37-21-5-3-2-4-6-21/h2-9,12,19,32H,10-11,13-18,20H2,1H3,(H,30,35). The predicted octanol–water partition coefficient (Wildman–Crippen LogP) is 3.43. The monoisotopic (exact) mass is 515 g/mol. The van der Waals surface area contributed by atoms with E-state index in [0.717, 1.165) is 62.6 Å². The summed E-state index contributed by atoms with van der Waals surface area (Å²) in [6.07, 6.45) is 3.43. The molecule has 1 fully saturated rings. The second kappa shape index (κ2) is 10.5. The van der Waals surface area contributed by atoms with Crippen LogP contribution >= 0.6 is 0 Å². The van der Waals surface area contributed by atoms with Gasteiger partial charge in [-0.05, 0) is 48.7 Å². The molecular formula is C29H33N5O4. The average molecular weight is 516 g/mol. The molecule has 2 aromatic carbocycles. The second-order valence-corrected chi connectivity index (χ2v) is 9.98. The number of nitrogens with zero attached hydrogens (tertiary/aromatic N) is 3. The molecule has 4 heterocycles. The number of amides is 1. The van der Waals surface area contributed by atoms with Crippen LogP contribution in [0.5, 0.6) is 11.5 Å². The summed E-state index contributed by atoms with van der Waals surface area (Å²) in [6, 6.07) is 17.8. The maximum absolute atomic E-state index is 12.4. The predicted molar refractivity (Wildman–Crippen MR) is 144 cm³/mol. The summed E-state index contributed by atoms with van der Waals surface area (Å²) < 4.78 is 16.5. The highest BCUT2D eigenvalue weighted by Gasteiger charge is 2.48. The number of methoxy groups -OCH3 is 1. The molecule has 6 rings (SSSR count). The molecule has 0 radical (unpaired) electrons. The van der Waals surface area contributed by atoms with Crippen LogP contribution in [0.3, 0.4) is 0 Å². The quantitative estimate of drug-likeness (QED) is 0.353. The van der Waals surface area contributed by atoms with E-state index in [1.807, 2.05) is 36.4 Å². The number of nitrogens with one attached hydrogen (secondary N) is 2. The van der Waals surface area contributed by atoms with Gasteiger partial charge >= 0.3 is 0 Å². The van der Waals surface area contributed by atoms with Crippen molar-refractivity contribution in [3.8, 4) is 11.5 Å². The van der Waals surface area contributed by atoms with Crippen LogP contribution in [0.25, 0.3) is 10.9 Å². The van der Waals surface area contributed by atoms with Gasteiger partial charge in [-0.1, -0.05) is 23.4 Å². The molecule has 1 spiro atoms. The first-order valence-corrected chi connectivity index (χ1v) is 13.2. The van der Waals surface area contributed by atoms with E-state index in [0.29, 0.717) is 13.2 Å². The SMILES string of the molecule is COc1ccc2[nH]c3c(c2c1)CCN(CCNC(=O)c1ccno1)C31CCN(CCOc2ccccc2)C1. The van der Waals surface area contributed by atoms with Crippen molar-refractivity contribution in [3.05, 3.63) is 77.8 Å². The molecule has 2 aliphatic heterocycles. The molecule has 0 bridgehead atoms. The van der Waals surface area contributed by atoms with Gasteiger partial charge in [0.15, 0.2) is 0 Å². The zero-order chi connectivity index (χ0) is 26.0. The molecule has 1 atom stereocenters. The molecular weight excluding hydrogens is 482 g/mol. The Balaban J connectivity index is 1.22. The first-order chi connectivity index (χ1) is 18.7. The van der Waals surface area contributed by atoms with Crippen molar-refractivity contribution in [2.45, 2.75) is 18.4 Å². The number of H-pyrrole nitrogens is 1. The smallest absolute Gasteiger partial charge is 0.289 e. The van der Waals surface area contributed by atoms with Gasteiger partial charge in [-0.25, -0.2) is 0 Å². The maximum atomic E-state index is 12.4. The number of aromatic nitrogens is 2. The van der Waals surface area contributed by atoms with Crippen LogP contribution in [0.1, 0.15) is 28.2 Å². The summed E-state index contributed by atoms with van der Waals surface area (Å²) in [4.78, 5) is 21.2. The topological polar surface area (TPSA) is 95.9 Å². The molecule has 1 unspecified atom stereocenters. The van der Waals surface area contributed by atoms with Gasteiger partial charge in [0, 0.05) is 61.9 Å². The number of para-hydroxylation sites is 1. The van der Waals surface area contributed by atoms with E-state index in [4.69, 9.17) is 14.0 Å². The number of hydrogen-bond acceptors (Lipinski definition) is 7. The maximum Gasteiger partial charge on any atom is 0.289 e. The highest BCUT2D eigenvalue weighted by atomic mass is 16.5. The number of rotatable bonds is 9. The number of fused-ring (bicyclic) bond motifs is 4. The van der Waals surface area contributed by atoms with E-state index in [1.54, 1.807) is 13.2 Å². The normalized spacial score (nSPS) is 19.6. The third-order valence-corrected chi connectivity index (χ3v) is 7.89. The van der Waals surface area contributed by atoms with E-state index in [-0.39, 0.29) is 17.2 Å². The van der Waals surface area contributed by atoms with Crippen LogP contribution in [0.2, 0.25) is 0 Å². The van der Waals surface area contributed by atoms with Gasteiger partial charge in [-0.3, -0.25) is 14.6 Å². The minimum Gasteiger partial charge on any atom is -0.497 e. The minimum absolute atomic E-state index is 0.163. The Labute approximate surface area is 221 Å². The number of ether oxygens (including phenoxy) is 2. The molecule has 9 heteroatoms. The molecule has 2 aromatic heterocycles. The molecule has 0 saturated carbocycles. The number of carbonyl (C=O) groups is 1. The third-order valence-electron chi connectivity index (χ3n) is 7.89. The van der Waals surface area contributed by atoms with Crippen LogP contribution < -0.4 is 14.8 Å². The lowest BCUT2D eigenvalue weighted by molar-refractivity contribution is 0.0711. The Morgan fingerprint density at radius 3 is 2.84 bits per heavy atom. The Morgan fingerprint density at radius 1 is 1.13 bits per heavy atom. The Morgan fingerprint density at radius 2 is 2.03 bits per heavy atom. The average Bonchev–Trinajstić information content (AvgIpc) is 3.70. The van der Waals surface area contributed by atoms with Crippen molar-refractivity contribution in [1.29, 1.82) is 0 Å². The molecule has 2 N–H and O–H groups in total.